The second kappa shape index (κ2) is 6.01. The fourth-order valence-corrected chi connectivity index (χ4v) is 5.34. The van der Waals surface area contributed by atoms with Crippen LogP contribution in [0.1, 0.15) is 46.3 Å². The van der Waals surface area contributed by atoms with Crippen LogP contribution in [0.25, 0.3) is 0 Å². The number of furan rings is 2. The van der Waals surface area contributed by atoms with Crippen molar-refractivity contribution >= 4 is 0 Å². The van der Waals surface area contributed by atoms with Gasteiger partial charge in [-0.05, 0) is 23.8 Å². The number of halogens is 1. The number of rotatable bonds is 2. The molecule has 2 unspecified atom stereocenters. The summed E-state index contributed by atoms with van der Waals surface area (Å²) in [5.74, 6) is 0.399. The van der Waals surface area contributed by atoms with Crippen molar-refractivity contribution in [1.82, 2.24) is 0 Å². The Hall–Kier alpha value is -2.98. The summed E-state index contributed by atoms with van der Waals surface area (Å²) in [7, 11) is 0. The van der Waals surface area contributed by atoms with Crippen molar-refractivity contribution < 1.29 is 30.9 Å². The molecule has 3 aromatic heterocycles. The van der Waals surface area contributed by atoms with Gasteiger partial charge in [-0.1, -0.05) is 24.3 Å². The number of aromatic nitrogens is 1. The molecule has 1 aliphatic carbocycles. The molecule has 2 atom stereocenters. The number of hydrogen-bond acceptors (Lipinski definition) is 3. The van der Waals surface area contributed by atoms with Gasteiger partial charge >= 0.3 is 0 Å². The average Bonchev–Trinajstić information content (AvgIpc) is 3.42. The van der Waals surface area contributed by atoms with E-state index < -0.39 is 0 Å². The molecule has 5 heteroatoms. The van der Waals surface area contributed by atoms with Crippen molar-refractivity contribution in [3.05, 3.63) is 108 Å². The highest BCUT2D eigenvalue weighted by Crippen LogP contribution is 2.59. The maximum atomic E-state index is 10.1. The lowest BCUT2D eigenvalue weighted by Crippen LogP contribution is -3.00. The van der Waals surface area contributed by atoms with Gasteiger partial charge in [-0.15, -0.1) is 0 Å². The average molecular weight is 392 g/mol. The van der Waals surface area contributed by atoms with Crippen LogP contribution in [0.3, 0.4) is 0 Å². The lowest BCUT2D eigenvalue weighted by atomic mass is 9.54. The lowest BCUT2D eigenvalue weighted by Gasteiger charge is -2.48. The number of pyridine rings is 1. The highest BCUT2D eigenvalue weighted by atomic mass is 35.5. The highest BCUT2D eigenvalue weighted by Gasteiger charge is 2.60. The van der Waals surface area contributed by atoms with Gasteiger partial charge in [0.1, 0.15) is 0 Å². The zero-order valence-corrected chi connectivity index (χ0v) is 15.7. The molecule has 4 nitrogen and oxygen atoms in total. The molecule has 140 valence electrons. The third-order valence-corrected chi connectivity index (χ3v) is 6.37. The standard InChI is InChI=1S/C23H17NO3.ClH/c25-17-5-6-20-22-19-4-2-1-3-18(19)21(24(20)12-17)11-23(22,15-7-9-26-13-15)16-8-10-27-14-16;/h1-10,12-14,21-22H,11H2;1H. The Morgan fingerprint density at radius 1 is 0.893 bits per heavy atom. The van der Waals surface area contributed by atoms with Crippen LogP contribution in [-0.4, -0.2) is 5.11 Å². The lowest BCUT2D eigenvalue weighted by molar-refractivity contribution is -0.732. The Morgan fingerprint density at radius 2 is 1.57 bits per heavy atom. The van der Waals surface area contributed by atoms with Gasteiger partial charge in [0.25, 0.3) is 0 Å². The zero-order chi connectivity index (χ0) is 18.0. The summed E-state index contributed by atoms with van der Waals surface area (Å²) in [4.78, 5) is 0. The first-order valence-corrected chi connectivity index (χ1v) is 9.17. The fraction of sp³-hybridized carbons (Fsp3) is 0.174. The monoisotopic (exact) mass is 391 g/mol. The summed E-state index contributed by atoms with van der Waals surface area (Å²) < 4.78 is 13.3. The van der Waals surface area contributed by atoms with Gasteiger partial charge in [0.2, 0.25) is 6.20 Å². The van der Waals surface area contributed by atoms with E-state index in [0.717, 1.165) is 17.5 Å². The second-order valence-electron chi connectivity index (χ2n) is 7.50. The summed E-state index contributed by atoms with van der Waals surface area (Å²) in [6.07, 6.45) is 9.96. The Kier molecular flexibility index (Phi) is 3.68. The summed E-state index contributed by atoms with van der Waals surface area (Å²) in [6, 6.07) is 16.8. The first kappa shape index (κ1) is 17.1. The van der Waals surface area contributed by atoms with Gasteiger partial charge in [0.15, 0.2) is 17.5 Å². The summed E-state index contributed by atoms with van der Waals surface area (Å²) in [5, 5.41) is 10.1. The molecule has 2 aliphatic heterocycles. The molecular formula is C23H18ClNO3. The van der Waals surface area contributed by atoms with E-state index in [1.165, 1.54) is 16.8 Å². The minimum atomic E-state index is -0.268. The molecule has 28 heavy (non-hydrogen) atoms. The van der Waals surface area contributed by atoms with Crippen molar-refractivity contribution in [3.8, 4) is 5.75 Å². The fourth-order valence-electron chi connectivity index (χ4n) is 5.34. The molecular weight excluding hydrogens is 374 g/mol. The van der Waals surface area contributed by atoms with Crippen LogP contribution in [0.2, 0.25) is 0 Å². The van der Waals surface area contributed by atoms with Crippen LogP contribution in [0.5, 0.6) is 5.75 Å². The SMILES string of the molecule is Oc1ccc2[n+](c1)C1CC(c3ccoc3)(c3ccoc3)C2c2ccccc21.[Cl-]. The van der Waals surface area contributed by atoms with Gasteiger partial charge in [0.05, 0.1) is 36.4 Å². The van der Waals surface area contributed by atoms with Crippen molar-refractivity contribution in [2.45, 2.75) is 23.8 Å². The maximum absolute atomic E-state index is 10.1. The Morgan fingerprint density at radius 3 is 2.21 bits per heavy atom. The smallest absolute Gasteiger partial charge is 0.211 e. The molecule has 1 N–H and O–H groups in total. The maximum Gasteiger partial charge on any atom is 0.211 e. The van der Waals surface area contributed by atoms with Crippen LogP contribution in [0.15, 0.2) is 88.6 Å². The predicted octanol–water partition coefficient (Wildman–Crippen LogP) is 1.29. The number of benzene rings is 1. The first-order valence-electron chi connectivity index (χ1n) is 9.17. The van der Waals surface area contributed by atoms with Gasteiger partial charge < -0.3 is 26.3 Å². The molecule has 2 bridgehead atoms. The van der Waals surface area contributed by atoms with Gasteiger partial charge in [-0.25, -0.2) is 0 Å². The third kappa shape index (κ3) is 2.04. The van der Waals surface area contributed by atoms with Crippen LogP contribution < -0.4 is 17.0 Å². The van der Waals surface area contributed by atoms with E-state index in [-0.39, 0.29) is 29.8 Å². The van der Waals surface area contributed by atoms with Gasteiger partial charge in [0, 0.05) is 29.2 Å². The summed E-state index contributed by atoms with van der Waals surface area (Å²) >= 11 is 0. The zero-order valence-electron chi connectivity index (χ0n) is 15.0. The van der Waals surface area contributed by atoms with Crippen LogP contribution >= 0.6 is 0 Å². The van der Waals surface area contributed by atoms with Crippen molar-refractivity contribution in [1.29, 1.82) is 0 Å². The molecule has 0 radical (unpaired) electrons. The molecule has 0 saturated carbocycles. The molecule has 4 aromatic rings. The number of aromatic hydroxyl groups is 1. The van der Waals surface area contributed by atoms with Crippen molar-refractivity contribution in [2.75, 3.05) is 0 Å². The summed E-state index contributed by atoms with van der Waals surface area (Å²) in [6.45, 7) is 0. The Labute approximate surface area is 168 Å². The first-order chi connectivity index (χ1) is 13.3. The molecule has 5 heterocycles. The van der Waals surface area contributed by atoms with Gasteiger partial charge in [-0.2, -0.15) is 4.57 Å². The normalized spacial score (nSPS) is 20.9. The van der Waals surface area contributed by atoms with Crippen LogP contribution in [0.4, 0.5) is 0 Å². The topological polar surface area (TPSA) is 50.4 Å². The van der Waals surface area contributed by atoms with E-state index in [9.17, 15) is 5.11 Å². The van der Waals surface area contributed by atoms with Gasteiger partial charge in [-0.3, -0.25) is 0 Å². The number of nitrogens with zero attached hydrogens (tertiary/aromatic N) is 1. The molecule has 0 amide bonds. The molecule has 0 saturated heterocycles. The van der Waals surface area contributed by atoms with E-state index in [2.05, 4.69) is 47.0 Å². The number of fused-ring (bicyclic) bond motifs is 1. The number of hydrogen-bond donors (Lipinski definition) is 1. The van der Waals surface area contributed by atoms with E-state index in [1.807, 2.05) is 18.7 Å². The quantitative estimate of drug-likeness (QED) is 0.524. The van der Waals surface area contributed by atoms with E-state index in [0.29, 0.717) is 5.75 Å². The summed E-state index contributed by atoms with van der Waals surface area (Å²) in [5.41, 5.74) is 5.91. The largest absolute Gasteiger partial charge is 1.00 e. The van der Waals surface area contributed by atoms with Crippen molar-refractivity contribution in [2.24, 2.45) is 0 Å². The van der Waals surface area contributed by atoms with Crippen LogP contribution in [0, 0.1) is 0 Å². The predicted molar refractivity (Wildman–Crippen MR) is 97.5 cm³/mol. The molecule has 0 fully saturated rings. The highest BCUT2D eigenvalue weighted by molar-refractivity contribution is 5.54. The Bertz CT molecular complexity index is 1100. The van der Waals surface area contributed by atoms with Crippen molar-refractivity contribution in [3.63, 3.8) is 0 Å². The molecule has 3 aliphatic rings. The second-order valence-corrected chi connectivity index (χ2v) is 7.50. The van der Waals surface area contributed by atoms with E-state index >= 15 is 0 Å². The third-order valence-electron chi connectivity index (χ3n) is 6.37. The molecule has 1 aromatic carbocycles. The minimum absolute atomic E-state index is 0. The molecule has 7 rings (SSSR count). The minimum Gasteiger partial charge on any atom is -1.00 e. The molecule has 0 spiro atoms. The van der Waals surface area contributed by atoms with Crippen LogP contribution in [-0.2, 0) is 5.41 Å². The Balaban J connectivity index is 0.00000171. The van der Waals surface area contributed by atoms with E-state index in [4.69, 9.17) is 8.83 Å². The van der Waals surface area contributed by atoms with E-state index in [1.54, 1.807) is 18.6 Å².